The van der Waals surface area contributed by atoms with Crippen LogP contribution in [0.5, 0.6) is 0 Å². The van der Waals surface area contributed by atoms with Crippen LogP contribution in [0.25, 0.3) is 0 Å². The highest BCUT2D eigenvalue weighted by Gasteiger charge is 2.57. The summed E-state index contributed by atoms with van der Waals surface area (Å²) in [5.74, 6) is 1.04. The Balaban J connectivity index is 1.60. The van der Waals surface area contributed by atoms with Crippen molar-refractivity contribution in [1.29, 1.82) is 0 Å². The van der Waals surface area contributed by atoms with Crippen LogP contribution in [-0.2, 0) is 9.59 Å². The minimum absolute atomic E-state index is 0.0237. The summed E-state index contributed by atoms with van der Waals surface area (Å²) in [6.45, 7) is 0.0685. The molecule has 4 aliphatic rings. The molecule has 118 valence electrons. The van der Waals surface area contributed by atoms with E-state index in [9.17, 15) is 14.7 Å². The van der Waals surface area contributed by atoms with Gasteiger partial charge in [-0.3, -0.25) is 9.59 Å². The van der Waals surface area contributed by atoms with E-state index in [-0.39, 0.29) is 23.8 Å². The summed E-state index contributed by atoms with van der Waals surface area (Å²) in [5.41, 5.74) is -0.548. The second kappa shape index (κ2) is 4.97. The van der Waals surface area contributed by atoms with Gasteiger partial charge in [0.25, 0.3) is 0 Å². The lowest BCUT2D eigenvalue weighted by Crippen LogP contribution is -2.56. The van der Waals surface area contributed by atoms with Crippen molar-refractivity contribution in [2.75, 3.05) is 20.6 Å². The number of carbonyl (C=O) groups is 2. The summed E-state index contributed by atoms with van der Waals surface area (Å²) >= 11 is 0. The number of aliphatic hydroxyl groups is 1. The topological polar surface area (TPSA) is 69.6 Å². The van der Waals surface area contributed by atoms with Crippen LogP contribution in [0.3, 0.4) is 0 Å². The molecule has 4 aliphatic carbocycles. The number of hydrogen-bond donors (Lipinski definition) is 2. The Hall–Kier alpha value is -1.10. The van der Waals surface area contributed by atoms with Gasteiger partial charge in [0, 0.05) is 20.5 Å². The summed E-state index contributed by atoms with van der Waals surface area (Å²) in [6.07, 6.45) is 6.44. The molecule has 21 heavy (non-hydrogen) atoms. The van der Waals surface area contributed by atoms with Crippen molar-refractivity contribution in [3.05, 3.63) is 0 Å². The lowest BCUT2D eigenvalue weighted by atomic mass is 9.47. The summed E-state index contributed by atoms with van der Waals surface area (Å²) in [4.78, 5) is 25.2. The van der Waals surface area contributed by atoms with Gasteiger partial charge in [-0.25, -0.2) is 0 Å². The van der Waals surface area contributed by atoms with Crippen molar-refractivity contribution in [2.45, 2.75) is 50.5 Å². The van der Waals surface area contributed by atoms with E-state index < -0.39 is 5.60 Å². The lowest BCUT2D eigenvalue weighted by molar-refractivity contribution is -0.169. The molecular weight excluding hydrogens is 268 g/mol. The van der Waals surface area contributed by atoms with Gasteiger partial charge in [0.05, 0.1) is 12.1 Å². The van der Waals surface area contributed by atoms with E-state index in [1.807, 2.05) is 0 Å². The number of nitrogens with zero attached hydrogens (tertiary/aromatic N) is 1. The van der Waals surface area contributed by atoms with E-state index in [1.54, 1.807) is 14.1 Å². The molecule has 5 nitrogen and oxygen atoms in total. The first-order chi connectivity index (χ1) is 9.79. The molecule has 4 fully saturated rings. The molecule has 0 aromatic heterocycles. The maximum absolute atomic E-state index is 12.2. The molecule has 0 aromatic rings. The zero-order valence-corrected chi connectivity index (χ0v) is 13.0. The van der Waals surface area contributed by atoms with Crippen molar-refractivity contribution in [3.63, 3.8) is 0 Å². The second-order valence-corrected chi connectivity index (χ2v) is 7.93. The number of nitrogens with one attached hydrogen (secondary N) is 1. The van der Waals surface area contributed by atoms with Crippen molar-refractivity contribution >= 4 is 11.8 Å². The average molecular weight is 294 g/mol. The van der Waals surface area contributed by atoms with E-state index in [1.165, 1.54) is 11.3 Å². The fourth-order valence-corrected chi connectivity index (χ4v) is 5.34. The average Bonchev–Trinajstić information content (AvgIpc) is 2.31. The molecule has 0 saturated heterocycles. The molecule has 0 unspecified atom stereocenters. The number of rotatable bonds is 4. The smallest absolute Gasteiger partial charge is 0.241 e. The van der Waals surface area contributed by atoms with Crippen molar-refractivity contribution in [1.82, 2.24) is 10.2 Å². The minimum Gasteiger partial charge on any atom is -0.390 e. The predicted molar refractivity (Wildman–Crippen MR) is 78.4 cm³/mol. The molecule has 4 saturated carbocycles. The molecule has 2 N–H and O–H groups in total. The quantitative estimate of drug-likeness (QED) is 0.810. The van der Waals surface area contributed by atoms with Gasteiger partial charge in [-0.15, -0.1) is 0 Å². The Morgan fingerprint density at radius 1 is 1.19 bits per heavy atom. The summed E-state index contributed by atoms with van der Waals surface area (Å²) < 4.78 is 0. The lowest BCUT2D eigenvalue weighted by Gasteiger charge is -2.60. The number of amides is 2. The minimum atomic E-state index is -0.524. The first-order valence-corrected chi connectivity index (χ1v) is 7.98. The monoisotopic (exact) mass is 294 g/mol. The number of likely N-dealkylation sites (N-methyl/N-ethyl adjacent to an activating group) is 1. The molecule has 0 spiro atoms. The SMILES string of the molecule is CN(C)C(=O)CNC(=O)CC12C[C@@H]3C[C@H](CC(O)(C3)C1)C2. The van der Waals surface area contributed by atoms with Gasteiger partial charge in [-0.05, 0) is 55.8 Å². The van der Waals surface area contributed by atoms with Gasteiger partial charge < -0.3 is 15.3 Å². The first kappa shape index (κ1) is 14.8. The third-order valence-electron chi connectivity index (χ3n) is 5.62. The molecule has 4 rings (SSSR count). The van der Waals surface area contributed by atoms with Crippen LogP contribution in [-0.4, -0.2) is 48.1 Å². The van der Waals surface area contributed by atoms with E-state index in [2.05, 4.69) is 5.32 Å². The highest BCUT2D eigenvalue weighted by molar-refractivity contribution is 5.84. The van der Waals surface area contributed by atoms with Crippen LogP contribution in [0.4, 0.5) is 0 Å². The zero-order valence-electron chi connectivity index (χ0n) is 13.0. The summed E-state index contributed by atoms with van der Waals surface area (Å²) in [7, 11) is 3.37. The Morgan fingerprint density at radius 2 is 1.81 bits per heavy atom. The Bertz CT molecular complexity index is 446. The van der Waals surface area contributed by atoms with Crippen LogP contribution >= 0.6 is 0 Å². The third-order valence-corrected chi connectivity index (χ3v) is 5.62. The fraction of sp³-hybridized carbons (Fsp3) is 0.875. The van der Waals surface area contributed by atoms with Crippen molar-refractivity contribution in [2.24, 2.45) is 17.3 Å². The van der Waals surface area contributed by atoms with Gasteiger partial charge >= 0.3 is 0 Å². The molecule has 2 atom stereocenters. The molecule has 4 bridgehead atoms. The number of carbonyl (C=O) groups excluding carboxylic acids is 2. The largest absolute Gasteiger partial charge is 0.390 e. The van der Waals surface area contributed by atoms with Crippen LogP contribution in [0.2, 0.25) is 0 Å². The molecule has 5 heteroatoms. The maximum atomic E-state index is 12.2. The van der Waals surface area contributed by atoms with Crippen LogP contribution < -0.4 is 5.32 Å². The number of hydrogen-bond acceptors (Lipinski definition) is 3. The second-order valence-electron chi connectivity index (χ2n) is 7.93. The van der Waals surface area contributed by atoms with E-state index in [0.29, 0.717) is 18.3 Å². The van der Waals surface area contributed by atoms with Crippen LogP contribution in [0.15, 0.2) is 0 Å². The van der Waals surface area contributed by atoms with Crippen LogP contribution in [0.1, 0.15) is 44.9 Å². The molecule has 0 heterocycles. The first-order valence-electron chi connectivity index (χ1n) is 7.98. The third kappa shape index (κ3) is 2.93. The van der Waals surface area contributed by atoms with Crippen LogP contribution in [0, 0.1) is 17.3 Å². The molecule has 0 radical (unpaired) electrons. The molecule has 0 aliphatic heterocycles. The van der Waals surface area contributed by atoms with Gasteiger partial charge in [0.1, 0.15) is 0 Å². The van der Waals surface area contributed by atoms with E-state index in [4.69, 9.17) is 0 Å². The van der Waals surface area contributed by atoms with Gasteiger partial charge in [0.2, 0.25) is 11.8 Å². The fourth-order valence-electron chi connectivity index (χ4n) is 5.34. The van der Waals surface area contributed by atoms with E-state index in [0.717, 1.165) is 32.1 Å². The normalized spacial score (nSPS) is 40.1. The van der Waals surface area contributed by atoms with Crippen molar-refractivity contribution in [3.8, 4) is 0 Å². The van der Waals surface area contributed by atoms with Gasteiger partial charge in [-0.2, -0.15) is 0 Å². The summed E-state index contributed by atoms with van der Waals surface area (Å²) in [5, 5.41) is 13.4. The Morgan fingerprint density at radius 3 is 2.33 bits per heavy atom. The molecular formula is C16H26N2O3. The van der Waals surface area contributed by atoms with Crippen molar-refractivity contribution < 1.29 is 14.7 Å². The highest BCUT2D eigenvalue weighted by atomic mass is 16.3. The standard InChI is InChI=1S/C16H26N2O3/c1-18(2)14(20)9-17-13(19)8-15-4-11-3-12(5-15)7-16(21,6-11)10-15/h11-12,21H,3-10H2,1-2H3,(H,17,19)/t11-,12-,15?,16?/m0/s1. The zero-order chi connectivity index (χ0) is 15.3. The molecule has 0 aromatic carbocycles. The van der Waals surface area contributed by atoms with Gasteiger partial charge in [0.15, 0.2) is 0 Å². The Kier molecular flexibility index (Phi) is 3.51. The molecule has 2 amide bonds. The predicted octanol–water partition coefficient (Wildman–Crippen LogP) is 0.912. The summed E-state index contributed by atoms with van der Waals surface area (Å²) in [6, 6.07) is 0. The maximum Gasteiger partial charge on any atom is 0.241 e. The van der Waals surface area contributed by atoms with E-state index >= 15 is 0 Å². The highest BCUT2D eigenvalue weighted by Crippen LogP contribution is 2.62. The van der Waals surface area contributed by atoms with Gasteiger partial charge in [-0.1, -0.05) is 0 Å². The Labute approximate surface area is 126 Å².